The van der Waals surface area contributed by atoms with Gasteiger partial charge in [0, 0.05) is 6.54 Å². The molecule has 1 aliphatic rings. The summed E-state index contributed by atoms with van der Waals surface area (Å²) in [5.41, 5.74) is 1.28. The van der Waals surface area contributed by atoms with Gasteiger partial charge in [-0.05, 0) is 31.6 Å². The Morgan fingerprint density at radius 2 is 2.00 bits per heavy atom. The van der Waals surface area contributed by atoms with Crippen molar-refractivity contribution in [3.63, 3.8) is 0 Å². The van der Waals surface area contributed by atoms with Crippen LogP contribution >= 0.6 is 0 Å². The van der Waals surface area contributed by atoms with Gasteiger partial charge in [-0.3, -0.25) is 9.59 Å². The molecule has 1 aromatic carbocycles. The number of fused-ring (bicyclic) bond motifs is 1. The fourth-order valence-electron chi connectivity index (χ4n) is 2.01. The fourth-order valence-corrected chi connectivity index (χ4v) is 2.01. The van der Waals surface area contributed by atoms with E-state index in [0.29, 0.717) is 12.1 Å². The Kier molecular flexibility index (Phi) is 3.54. The molecule has 90 valence electrons. The minimum Gasteiger partial charge on any atom is -0.317 e. The van der Waals surface area contributed by atoms with Gasteiger partial charge in [0.2, 0.25) is 0 Å². The van der Waals surface area contributed by atoms with Crippen molar-refractivity contribution >= 4 is 17.4 Å². The van der Waals surface area contributed by atoms with Crippen molar-refractivity contribution in [1.82, 2.24) is 5.32 Å². The molecule has 1 N–H and O–H groups in total. The first-order valence-corrected chi connectivity index (χ1v) is 5.91. The number of nitrogens with one attached hydrogen (secondary N) is 1. The summed E-state index contributed by atoms with van der Waals surface area (Å²) in [6.45, 7) is 4.41. The zero-order valence-corrected chi connectivity index (χ0v) is 9.90. The van der Waals surface area contributed by atoms with Crippen molar-refractivity contribution in [3.8, 4) is 0 Å². The Morgan fingerprint density at radius 3 is 2.76 bits per heavy atom. The van der Waals surface area contributed by atoms with E-state index < -0.39 is 5.91 Å². The molecule has 2 rings (SSSR count). The van der Waals surface area contributed by atoms with Gasteiger partial charge in [-0.15, -0.1) is 0 Å². The van der Waals surface area contributed by atoms with Gasteiger partial charge in [-0.2, -0.15) is 0 Å². The number of rotatable bonds is 5. The summed E-state index contributed by atoms with van der Waals surface area (Å²) in [6, 6.07) is 7.17. The van der Waals surface area contributed by atoms with Gasteiger partial charge in [0.05, 0.1) is 11.3 Å². The molecule has 1 heterocycles. The molecule has 0 atom stereocenters. The number of carbonyl (C=O) groups is 2. The van der Waals surface area contributed by atoms with Crippen LogP contribution in [0.25, 0.3) is 0 Å². The van der Waals surface area contributed by atoms with E-state index in [-0.39, 0.29) is 5.78 Å². The Bertz CT molecular complexity index is 443. The number of anilines is 1. The third-order valence-corrected chi connectivity index (χ3v) is 2.86. The summed E-state index contributed by atoms with van der Waals surface area (Å²) in [7, 11) is 0. The molecule has 1 aliphatic heterocycles. The largest absolute Gasteiger partial charge is 0.317 e. The van der Waals surface area contributed by atoms with Crippen molar-refractivity contribution < 1.29 is 9.59 Å². The lowest BCUT2D eigenvalue weighted by atomic mass is 10.1. The summed E-state index contributed by atoms with van der Waals surface area (Å²) in [4.78, 5) is 25.0. The average Bonchev–Trinajstić information content (AvgIpc) is 2.60. The maximum absolute atomic E-state index is 11.8. The lowest BCUT2D eigenvalue weighted by Crippen LogP contribution is -2.32. The monoisotopic (exact) mass is 232 g/mol. The van der Waals surface area contributed by atoms with Gasteiger partial charge >= 0.3 is 0 Å². The third-order valence-electron chi connectivity index (χ3n) is 2.86. The molecule has 4 nitrogen and oxygen atoms in total. The number of benzene rings is 1. The normalized spacial score (nSPS) is 14.3. The number of nitrogens with zero attached hydrogens (tertiary/aromatic N) is 1. The molecule has 0 radical (unpaired) electrons. The lowest BCUT2D eigenvalue weighted by Gasteiger charge is -2.16. The quantitative estimate of drug-likeness (QED) is 0.613. The predicted octanol–water partition coefficient (Wildman–Crippen LogP) is 1.22. The van der Waals surface area contributed by atoms with Crippen LogP contribution in [0.1, 0.15) is 23.7 Å². The lowest BCUT2D eigenvalue weighted by molar-refractivity contribution is -0.114. The van der Waals surface area contributed by atoms with Crippen molar-refractivity contribution in [3.05, 3.63) is 29.8 Å². The SMILES string of the molecule is CCNCCCN1C(=O)C(=O)c2ccccc21. The van der Waals surface area contributed by atoms with Crippen LogP contribution in [0.15, 0.2) is 24.3 Å². The molecular weight excluding hydrogens is 216 g/mol. The minimum absolute atomic E-state index is 0.385. The smallest absolute Gasteiger partial charge is 0.299 e. The summed E-state index contributed by atoms with van der Waals surface area (Å²) in [5.74, 6) is -0.785. The molecule has 17 heavy (non-hydrogen) atoms. The van der Waals surface area contributed by atoms with Crippen LogP contribution in [0.5, 0.6) is 0 Å². The first-order chi connectivity index (χ1) is 8.25. The van der Waals surface area contributed by atoms with E-state index in [1.54, 1.807) is 17.0 Å². The standard InChI is InChI=1S/C13H16N2O2/c1-2-14-8-5-9-15-11-7-4-3-6-10(11)12(16)13(15)17/h3-4,6-7,14H,2,5,8-9H2,1H3. The third kappa shape index (κ3) is 2.22. The maximum atomic E-state index is 11.8. The highest BCUT2D eigenvalue weighted by atomic mass is 16.2. The molecule has 0 saturated carbocycles. The van der Waals surface area contributed by atoms with E-state index in [1.165, 1.54) is 0 Å². The molecule has 0 aromatic heterocycles. The van der Waals surface area contributed by atoms with E-state index in [2.05, 4.69) is 5.32 Å². The number of ketones is 1. The number of hydrogen-bond acceptors (Lipinski definition) is 3. The van der Waals surface area contributed by atoms with Gasteiger partial charge in [0.25, 0.3) is 11.7 Å². The van der Waals surface area contributed by atoms with Crippen LogP contribution in [-0.2, 0) is 4.79 Å². The molecular formula is C13H16N2O2. The van der Waals surface area contributed by atoms with Crippen LogP contribution < -0.4 is 10.2 Å². The van der Waals surface area contributed by atoms with Gasteiger partial charge in [-0.1, -0.05) is 19.1 Å². The van der Waals surface area contributed by atoms with Gasteiger partial charge < -0.3 is 10.2 Å². The number of hydrogen-bond donors (Lipinski definition) is 1. The summed E-state index contributed by atoms with van der Waals surface area (Å²) in [5, 5.41) is 3.20. The van der Waals surface area contributed by atoms with Crippen molar-refractivity contribution in [2.45, 2.75) is 13.3 Å². The highest BCUT2D eigenvalue weighted by Crippen LogP contribution is 2.28. The van der Waals surface area contributed by atoms with E-state index in [1.807, 2.05) is 19.1 Å². The van der Waals surface area contributed by atoms with Crippen LogP contribution in [0.2, 0.25) is 0 Å². The van der Waals surface area contributed by atoms with Crippen molar-refractivity contribution in [1.29, 1.82) is 0 Å². The Balaban J connectivity index is 2.08. The Labute approximate surface area is 101 Å². The Morgan fingerprint density at radius 1 is 1.24 bits per heavy atom. The van der Waals surface area contributed by atoms with Crippen LogP contribution in [0.4, 0.5) is 5.69 Å². The molecule has 0 spiro atoms. The summed E-state index contributed by atoms with van der Waals surface area (Å²) >= 11 is 0. The molecule has 4 heteroatoms. The predicted molar refractivity (Wildman–Crippen MR) is 66.3 cm³/mol. The second kappa shape index (κ2) is 5.10. The fraction of sp³-hybridized carbons (Fsp3) is 0.385. The minimum atomic E-state index is -0.400. The molecule has 1 aromatic rings. The van der Waals surface area contributed by atoms with Crippen LogP contribution in [0, 0.1) is 0 Å². The van der Waals surface area contributed by atoms with Crippen LogP contribution in [-0.4, -0.2) is 31.3 Å². The van der Waals surface area contributed by atoms with E-state index in [4.69, 9.17) is 0 Å². The first kappa shape index (κ1) is 11.8. The van der Waals surface area contributed by atoms with Crippen LogP contribution in [0.3, 0.4) is 0 Å². The van der Waals surface area contributed by atoms with Gasteiger partial charge in [0.15, 0.2) is 0 Å². The molecule has 0 saturated heterocycles. The second-order valence-electron chi connectivity index (χ2n) is 4.01. The molecule has 1 amide bonds. The van der Waals surface area contributed by atoms with Gasteiger partial charge in [-0.25, -0.2) is 0 Å². The Hall–Kier alpha value is -1.68. The topological polar surface area (TPSA) is 49.4 Å². The molecule has 0 fully saturated rings. The summed E-state index contributed by atoms with van der Waals surface area (Å²) in [6.07, 6.45) is 0.848. The van der Waals surface area contributed by atoms with E-state index in [0.717, 1.165) is 25.2 Å². The summed E-state index contributed by atoms with van der Waals surface area (Å²) < 4.78 is 0. The zero-order valence-electron chi connectivity index (χ0n) is 9.90. The molecule has 0 unspecified atom stereocenters. The van der Waals surface area contributed by atoms with E-state index in [9.17, 15) is 9.59 Å². The van der Waals surface area contributed by atoms with Gasteiger partial charge in [0.1, 0.15) is 0 Å². The highest BCUT2D eigenvalue weighted by Gasteiger charge is 2.34. The molecule has 0 aliphatic carbocycles. The number of carbonyl (C=O) groups excluding carboxylic acids is 2. The maximum Gasteiger partial charge on any atom is 0.299 e. The number of amides is 1. The van der Waals surface area contributed by atoms with Crippen molar-refractivity contribution in [2.24, 2.45) is 0 Å². The highest BCUT2D eigenvalue weighted by molar-refractivity contribution is 6.52. The number of para-hydroxylation sites is 1. The second-order valence-corrected chi connectivity index (χ2v) is 4.01. The number of Topliss-reactive ketones (excluding diaryl/α,β-unsaturated/α-hetero) is 1. The van der Waals surface area contributed by atoms with Crippen molar-refractivity contribution in [2.75, 3.05) is 24.5 Å². The zero-order chi connectivity index (χ0) is 12.3. The van der Waals surface area contributed by atoms with E-state index >= 15 is 0 Å². The first-order valence-electron chi connectivity index (χ1n) is 5.91. The average molecular weight is 232 g/mol. The molecule has 0 bridgehead atoms.